The number of benzene rings is 2. The van der Waals surface area contributed by atoms with Gasteiger partial charge < -0.3 is 4.90 Å². The Morgan fingerprint density at radius 2 is 1.54 bits per heavy atom. The van der Waals surface area contributed by atoms with Gasteiger partial charge >= 0.3 is 0 Å². The van der Waals surface area contributed by atoms with Crippen molar-refractivity contribution < 1.29 is 4.79 Å². The summed E-state index contributed by atoms with van der Waals surface area (Å²) in [7, 11) is 3.90. The molecule has 4 rings (SSSR count). The second-order valence-corrected chi connectivity index (χ2v) is 5.22. The third-order valence-electron chi connectivity index (χ3n) is 3.84. The molecular weight excluding hydrogens is 298 g/mol. The summed E-state index contributed by atoms with van der Waals surface area (Å²) in [5.74, 6) is 0.0730. The molecule has 1 N–H and O–H groups in total. The Morgan fingerprint density at radius 1 is 0.917 bits per heavy atom. The monoisotopic (exact) mass is 323 g/mol. The summed E-state index contributed by atoms with van der Waals surface area (Å²) in [6.45, 7) is 8.00. The van der Waals surface area contributed by atoms with Gasteiger partial charge in [-0.15, -0.1) is 0 Å². The van der Waals surface area contributed by atoms with Gasteiger partial charge in [-0.2, -0.15) is 5.10 Å². The van der Waals surface area contributed by atoms with Crippen molar-refractivity contribution in [3.63, 3.8) is 0 Å². The van der Waals surface area contributed by atoms with Crippen LogP contribution in [0.5, 0.6) is 0 Å². The van der Waals surface area contributed by atoms with E-state index in [1.165, 1.54) is 0 Å². The minimum absolute atomic E-state index is 0.0730. The van der Waals surface area contributed by atoms with Crippen molar-refractivity contribution in [2.24, 2.45) is 0 Å². The smallest absolute Gasteiger partial charge is 0.196 e. The molecule has 3 aromatic rings. The van der Waals surface area contributed by atoms with E-state index in [1.54, 1.807) is 0 Å². The first-order valence-corrected chi connectivity index (χ1v) is 8.51. The van der Waals surface area contributed by atoms with Crippen LogP contribution in [0.2, 0.25) is 0 Å². The van der Waals surface area contributed by atoms with Gasteiger partial charge in [0.15, 0.2) is 5.78 Å². The fraction of sp³-hybridized carbons (Fsp3) is 0.300. The molecule has 0 bridgehead atoms. The lowest BCUT2D eigenvalue weighted by molar-refractivity contribution is 0.104. The van der Waals surface area contributed by atoms with Crippen molar-refractivity contribution in [1.29, 1.82) is 0 Å². The van der Waals surface area contributed by atoms with Crippen molar-refractivity contribution in [1.82, 2.24) is 10.2 Å². The van der Waals surface area contributed by atoms with Gasteiger partial charge in [0, 0.05) is 36.3 Å². The molecule has 1 aliphatic rings. The Hall–Kier alpha value is -2.62. The standard InChI is InChI=1S/C16H13N3O.2C2H6/c1-19(2)12-8-7-11-13-14(12)16(20)10-6-4-3-5-9(10)15(13)18-17-11;2*1-2/h3-8H,1-2H3,(H,17,18);2*1-2H3. The van der Waals surface area contributed by atoms with E-state index < -0.39 is 0 Å². The molecule has 24 heavy (non-hydrogen) atoms. The quantitative estimate of drug-likeness (QED) is 0.542. The van der Waals surface area contributed by atoms with Crippen LogP contribution in [0.1, 0.15) is 43.6 Å². The lowest BCUT2D eigenvalue weighted by Gasteiger charge is -2.21. The molecule has 0 spiro atoms. The first-order chi connectivity index (χ1) is 11.7. The van der Waals surface area contributed by atoms with Crippen LogP contribution in [0.4, 0.5) is 5.69 Å². The van der Waals surface area contributed by atoms with Crippen molar-refractivity contribution in [2.75, 3.05) is 19.0 Å². The van der Waals surface area contributed by atoms with E-state index in [-0.39, 0.29) is 5.78 Å². The summed E-state index contributed by atoms with van der Waals surface area (Å²) in [4.78, 5) is 14.8. The summed E-state index contributed by atoms with van der Waals surface area (Å²) >= 11 is 0. The topological polar surface area (TPSA) is 49.0 Å². The van der Waals surface area contributed by atoms with E-state index in [0.717, 1.165) is 39.0 Å². The number of hydrogen-bond acceptors (Lipinski definition) is 3. The number of ketones is 1. The number of carbonyl (C=O) groups excluding carboxylic acids is 1. The molecular formula is C20H25N3O. The highest BCUT2D eigenvalue weighted by Crippen LogP contribution is 2.41. The Labute approximate surface area is 143 Å². The highest BCUT2D eigenvalue weighted by atomic mass is 16.1. The molecule has 1 aliphatic carbocycles. The van der Waals surface area contributed by atoms with E-state index in [9.17, 15) is 4.79 Å². The van der Waals surface area contributed by atoms with Crippen LogP contribution in [-0.4, -0.2) is 30.1 Å². The second-order valence-electron chi connectivity index (χ2n) is 5.22. The van der Waals surface area contributed by atoms with Gasteiger partial charge in [-0.3, -0.25) is 9.89 Å². The number of aromatic nitrogens is 2. The van der Waals surface area contributed by atoms with E-state index >= 15 is 0 Å². The van der Waals surface area contributed by atoms with Crippen LogP contribution in [0.3, 0.4) is 0 Å². The highest BCUT2D eigenvalue weighted by Gasteiger charge is 2.29. The fourth-order valence-corrected chi connectivity index (χ4v) is 2.92. The minimum atomic E-state index is 0.0730. The predicted molar refractivity (Wildman–Crippen MR) is 102 cm³/mol. The van der Waals surface area contributed by atoms with Crippen LogP contribution < -0.4 is 4.90 Å². The average molecular weight is 323 g/mol. The Bertz CT molecular complexity index is 862. The van der Waals surface area contributed by atoms with Crippen molar-refractivity contribution >= 4 is 22.4 Å². The summed E-state index contributed by atoms with van der Waals surface area (Å²) in [6.07, 6.45) is 0. The summed E-state index contributed by atoms with van der Waals surface area (Å²) in [6, 6.07) is 11.6. The lowest BCUT2D eigenvalue weighted by Crippen LogP contribution is -2.17. The third kappa shape index (κ3) is 2.58. The minimum Gasteiger partial charge on any atom is -0.377 e. The largest absolute Gasteiger partial charge is 0.377 e. The number of nitrogens with zero attached hydrogens (tertiary/aromatic N) is 2. The fourth-order valence-electron chi connectivity index (χ4n) is 2.92. The number of rotatable bonds is 1. The van der Waals surface area contributed by atoms with Crippen molar-refractivity contribution in [2.45, 2.75) is 27.7 Å². The van der Waals surface area contributed by atoms with Gasteiger partial charge in [0.25, 0.3) is 0 Å². The molecule has 0 atom stereocenters. The molecule has 0 amide bonds. The number of nitrogens with one attached hydrogen (secondary N) is 1. The van der Waals surface area contributed by atoms with Crippen LogP contribution in [-0.2, 0) is 0 Å². The van der Waals surface area contributed by atoms with Crippen molar-refractivity contribution in [3.05, 3.63) is 47.5 Å². The number of fused-ring (bicyclic) bond motifs is 2. The molecule has 1 heterocycles. The molecule has 0 saturated carbocycles. The number of hydrogen-bond donors (Lipinski definition) is 1. The summed E-state index contributed by atoms with van der Waals surface area (Å²) in [5.41, 5.74) is 5.09. The average Bonchev–Trinajstić information content (AvgIpc) is 3.07. The van der Waals surface area contributed by atoms with E-state index in [0.29, 0.717) is 0 Å². The summed E-state index contributed by atoms with van der Waals surface area (Å²) in [5, 5.41) is 8.36. The van der Waals surface area contributed by atoms with Gasteiger partial charge in [-0.05, 0) is 12.1 Å². The molecule has 126 valence electrons. The third-order valence-corrected chi connectivity index (χ3v) is 3.84. The van der Waals surface area contributed by atoms with Gasteiger partial charge in [0.2, 0.25) is 0 Å². The van der Waals surface area contributed by atoms with Crippen molar-refractivity contribution in [3.8, 4) is 11.3 Å². The molecule has 4 nitrogen and oxygen atoms in total. The zero-order valence-electron chi connectivity index (χ0n) is 15.3. The zero-order chi connectivity index (χ0) is 17.9. The number of aromatic amines is 1. The second kappa shape index (κ2) is 7.30. The van der Waals surface area contributed by atoms with E-state index in [1.807, 2.05) is 83.1 Å². The molecule has 0 saturated heterocycles. The highest BCUT2D eigenvalue weighted by molar-refractivity contribution is 6.27. The van der Waals surface area contributed by atoms with Gasteiger partial charge in [-0.25, -0.2) is 0 Å². The van der Waals surface area contributed by atoms with Crippen LogP contribution >= 0.6 is 0 Å². The maximum Gasteiger partial charge on any atom is 0.196 e. The molecule has 4 heteroatoms. The van der Waals surface area contributed by atoms with Gasteiger partial charge in [0.05, 0.1) is 11.1 Å². The summed E-state index contributed by atoms with van der Waals surface area (Å²) < 4.78 is 0. The number of anilines is 1. The number of H-pyrrole nitrogens is 1. The van der Waals surface area contributed by atoms with Crippen LogP contribution in [0.25, 0.3) is 22.2 Å². The maximum atomic E-state index is 12.8. The zero-order valence-corrected chi connectivity index (χ0v) is 15.3. The maximum absolute atomic E-state index is 12.8. The van der Waals surface area contributed by atoms with Gasteiger partial charge in [0.1, 0.15) is 5.69 Å². The van der Waals surface area contributed by atoms with Gasteiger partial charge in [-0.1, -0.05) is 52.0 Å². The molecule has 0 unspecified atom stereocenters. The van der Waals surface area contributed by atoms with Crippen LogP contribution in [0, 0.1) is 0 Å². The number of carbonyl (C=O) groups is 1. The normalized spacial score (nSPS) is 11.0. The van der Waals surface area contributed by atoms with Crippen LogP contribution in [0.15, 0.2) is 36.4 Å². The molecule has 1 aromatic heterocycles. The Balaban J connectivity index is 0.000000487. The first kappa shape index (κ1) is 17.7. The molecule has 0 radical (unpaired) electrons. The molecule has 2 aromatic carbocycles. The Kier molecular flexibility index (Phi) is 5.39. The predicted octanol–water partition coefficient (Wildman–Crippen LogP) is 4.89. The van der Waals surface area contributed by atoms with E-state index in [4.69, 9.17) is 0 Å². The SMILES string of the molecule is CC.CC.CN(C)c1ccc2[nH]nc3c2c1C(=O)c1ccccc1-3. The first-order valence-electron chi connectivity index (χ1n) is 8.51. The Morgan fingerprint density at radius 3 is 2.17 bits per heavy atom. The lowest BCUT2D eigenvalue weighted by atomic mass is 9.86. The molecule has 0 fully saturated rings. The molecule has 0 aliphatic heterocycles. The van der Waals surface area contributed by atoms with E-state index in [2.05, 4.69) is 10.2 Å².